The van der Waals surface area contributed by atoms with Gasteiger partial charge in [0.2, 0.25) is 0 Å². The van der Waals surface area contributed by atoms with E-state index in [-0.39, 0.29) is 17.5 Å². The fourth-order valence-electron chi connectivity index (χ4n) is 3.05. The molecule has 0 aliphatic carbocycles. The standard InChI is InChI=1S/C19H21F3N4/c1-23-19(24-11-13-5-7-14(20)8-6-13)25-15-9-10-26(12-15)18-16(21)3-2-4-17(18)22/h2-8,15H,9-12H2,1H3,(H2,23,24,25). The number of aliphatic imine (C=N–C) groups is 1. The van der Waals surface area contributed by atoms with Gasteiger partial charge in [0.05, 0.1) is 0 Å². The number of benzene rings is 2. The zero-order valence-corrected chi connectivity index (χ0v) is 14.5. The van der Waals surface area contributed by atoms with Crippen LogP contribution in [0, 0.1) is 17.5 Å². The first-order valence-electron chi connectivity index (χ1n) is 8.47. The van der Waals surface area contributed by atoms with Gasteiger partial charge in [-0.3, -0.25) is 4.99 Å². The second-order valence-corrected chi connectivity index (χ2v) is 6.20. The molecule has 7 heteroatoms. The molecule has 1 aliphatic heterocycles. The number of guanidine groups is 1. The van der Waals surface area contributed by atoms with Crippen molar-refractivity contribution in [3.8, 4) is 0 Å². The molecule has 0 aromatic heterocycles. The topological polar surface area (TPSA) is 39.7 Å². The summed E-state index contributed by atoms with van der Waals surface area (Å²) >= 11 is 0. The average molecular weight is 362 g/mol. The molecule has 2 N–H and O–H groups in total. The second kappa shape index (κ2) is 8.12. The minimum Gasteiger partial charge on any atom is -0.365 e. The van der Waals surface area contributed by atoms with E-state index in [4.69, 9.17) is 0 Å². The highest BCUT2D eigenvalue weighted by molar-refractivity contribution is 5.80. The van der Waals surface area contributed by atoms with Crippen LogP contribution in [0.5, 0.6) is 0 Å². The molecule has 1 unspecified atom stereocenters. The molecule has 1 saturated heterocycles. The summed E-state index contributed by atoms with van der Waals surface area (Å²) in [6, 6.07) is 10.1. The Labute approximate surface area is 150 Å². The highest BCUT2D eigenvalue weighted by Gasteiger charge is 2.27. The molecule has 0 bridgehead atoms. The number of nitrogens with one attached hydrogen (secondary N) is 2. The molecule has 1 aliphatic rings. The lowest BCUT2D eigenvalue weighted by Crippen LogP contribution is -2.44. The Morgan fingerprint density at radius 3 is 2.46 bits per heavy atom. The van der Waals surface area contributed by atoms with Crippen LogP contribution in [-0.2, 0) is 6.54 Å². The van der Waals surface area contributed by atoms with Crippen LogP contribution in [0.1, 0.15) is 12.0 Å². The fraction of sp³-hybridized carbons (Fsp3) is 0.316. The summed E-state index contributed by atoms with van der Waals surface area (Å²) in [5, 5.41) is 6.42. The molecule has 2 aromatic rings. The van der Waals surface area contributed by atoms with Crippen LogP contribution in [0.3, 0.4) is 0 Å². The van der Waals surface area contributed by atoms with Gasteiger partial charge in [0.15, 0.2) is 5.96 Å². The van der Waals surface area contributed by atoms with Crippen molar-refractivity contribution < 1.29 is 13.2 Å². The Kier molecular flexibility index (Phi) is 5.65. The maximum Gasteiger partial charge on any atom is 0.191 e. The summed E-state index contributed by atoms with van der Waals surface area (Å²) in [6.45, 7) is 1.54. The zero-order chi connectivity index (χ0) is 18.5. The summed E-state index contributed by atoms with van der Waals surface area (Å²) in [5.41, 5.74) is 0.946. The molecule has 0 saturated carbocycles. The normalized spacial score (nSPS) is 17.5. The maximum absolute atomic E-state index is 13.9. The molecule has 4 nitrogen and oxygen atoms in total. The lowest BCUT2D eigenvalue weighted by atomic mass is 10.2. The van der Waals surface area contributed by atoms with Crippen molar-refractivity contribution in [3.05, 3.63) is 65.5 Å². The van der Waals surface area contributed by atoms with Gasteiger partial charge in [0.25, 0.3) is 0 Å². The number of rotatable bonds is 4. The van der Waals surface area contributed by atoms with Gasteiger partial charge in [-0.25, -0.2) is 13.2 Å². The molecule has 2 aromatic carbocycles. The number of para-hydroxylation sites is 1. The third-order valence-corrected chi connectivity index (χ3v) is 4.38. The van der Waals surface area contributed by atoms with Gasteiger partial charge in [-0.2, -0.15) is 0 Å². The molecule has 26 heavy (non-hydrogen) atoms. The van der Waals surface area contributed by atoms with Gasteiger partial charge in [0.1, 0.15) is 23.1 Å². The minimum atomic E-state index is -0.551. The van der Waals surface area contributed by atoms with E-state index in [1.165, 1.54) is 30.3 Å². The lowest BCUT2D eigenvalue weighted by molar-refractivity contribution is 0.576. The molecule has 1 fully saturated rings. The molecular weight excluding hydrogens is 341 g/mol. The van der Waals surface area contributed by atoms with Crippen molar-refractivity contribution in [1.29, 1.82) is 0 Å². The van der Waals surface area contributed by atoms with Gasteiger partial charge in [-0.15, -0.1) is 0 Å². The van der Waals surface area contributed by atoms with E-state index >= 15 is 0 Å². The quantitative estimate of drug-likeness (QED) is 0.649. The zero-order valence-electron chi connectivity index (χ0n) is 14.5. The average Bonchev–Trinajstić information content (AvgIpc) is 3.08. The number of hydrogen-bond acceptors (Lipinski definition) is 2. The monoisotopic (exact) mass is 362 g/mol. The number of halogens is 3. The summed E-state index contributed by atoms with van der Waals surface area (Å²) in [5.74, 6) is -0.785. The first-order valence-corrected chi connectivity index (χ1v) is 8.47. The van der Waals surface area contributed by atoms with E-state index in [0.29, 0.717) is 25.6 Å². The van der Waals surface area contributed by atoms with Crippen molar-refractivity contribution in [1.82, 2.24) is 10.6 Å². The molecular formula is C19H21F3N4. The van der Waals surface area contributed by atoms with Crippen molar-refractivity contribution in [2.75, 3.05) is 25.0 Å². The Balaban J connectivity index is 1.56. The van der Waals surface area contributed by atoms with Gasteiger partial charge < -0.3 is 15.5 Å². The van der Waals surface area contributed by atoms with Crippen molar-refractivity contribution >= 4 is 11.6 Å². The van der Waals surface area contributed by atoms with Crippen molar-refractivity contribution in [2.24, 2.45) is 4.99 Å². The SMILES string of the molecule is CN=C(NCc1ccc(F)cc1)NC1CCN(c2c(F)cccc2F)C1. The van der Waals surface area contributed by atoms with Gasteiger partial charge in [0, 0.05) is 32.7 Å². The van der Waals surface area contributed by atoms with Crippen LogP contribution < -0.4 is 15.5 Å². The maximum atomic E-state index is 13.9. The van der Waals surface area contributed by atoms with Crippen LogP contribution in [0.15, 0.2) is 47.5 Å². The number of hydrogen-bond donors (Lipinski definition) is 2. The summed E-state index contributed by atoms with van der Waals surface area (Å²) < 4.78 is 40.8. The molecule has 0 amide bonds. The van der Waals surface area contributed by atoms with Crippen LogP contribution in [0.2, 0.25) is 0 Å². The van der Waals surface area contributed by atoms with E-state index < -0.39 is 11.6 Å². The lowest BCUT2D eigenvalue weighted by Gasteiger charge is -2.21. The Bertz CT molecular complexity index is 757. The molecule has 0 radical (unpaired) electrons. The Hall–Kier alpha value is -2.70. The van der Waals surface area contributed by atoms with Gasteiger partial charge in [-0.1, -0.05) is 18.2 Å². The van der Waals surface area contributed by atoms with E-state index in [2.05, 4.69) is 15.6 Å². The van der Waals surface area contributed by atoms with Gasteiger partial charge >= 0.3 is 0 Å². The molecule has 1 atom stereocenters. The molecule has 1 heterocycles. The van der Waals surface area contributed by atoms with E-state index in [1.54, 1.807) is 24.1 Å². The summed E-state index contributed by atoms with van der Waals surface area (Å²) in [4.78, 5) is 5.87. The highest BCUT2D eigenvalue weighted by atomic mass is 19.1. The predicted molar refractivity (Wildman–Crippen MR) is 96.7 cm³/mol. The summed E-state index contributed by atoms with van der Waals surface area (Å²) in [7, 11) is 1.66. The van der Waals surface area contributed by atoms with Crippen LogP contribution in [0.4, 0.5) is 18.9 Å². The molecule has 0 spiro atoms. The van der Waals surface area contributed by atoms with Crippen molar-refractivity contribution in [3.63, 3.8) is 0 Å². The largest absolute Gasteiger partial charge is 0.365 e. The Morgan fingerprint density at radius 1 is 1.12 bits per heavy atom. The second-order valence-electron chi connectivity index (χ2n) is 6.20. The smallest absolute Gasteiger partial charge is 0.191 e. The first-order chi connectivity index (χ1) is 12.6. The first kappa shape index (κ1) is 18.1. The predicted octanol–water partition coefficient (Wildman–Crippen LogP) is 3.05. The Morgan fingerprint density at radius 2 is 1.81 bits per heavy atom. The van der Waals surface area contributed by atoms with E-state index in [9.17, 15) is 13.2 Å². The third-order valence-electron chi connectivity index (χ3n) is 4.38. The summed E-state index contributed by atoms with van der Waals surface area (Å²) in [6.07, 6.45) is 0.741. The van der Waals surface area contributed by atoms with Crippen LogP contribution in [-0.4, -0.2) is 32.1 Å². The third kappa shape index (κ3) is 4.28. The number of nitrogens with zero attached hydrogens (tertiary/aromatic N) is 2. The van der Waals surface area contributed by atoms with Crippen LogP contribution >= 0.6 is 0 Å². The van der Waals surface area contributed by atoms with Gasteiger partial charge in [-0.05, 0) is 36.2 Å². The van der Waals surface area contributed by atoms with Crippen molar-refractivity contribution in [2.45, 2.75) is 19.0 Å². The van der Waals surface area contributed by atoms with E-state index in [0.717, 1.165) is 12.0 Å². The molecule has 138 valence electrons. The number of anilines is 1. The van der Waals surface area contributed by atoms with Crippen LogP contribution in [0.25, 0.3) is 0 Å². The molecule has 3 rings (SSSR count). The highest BCUT2D eigenvalue weighted by Crippen LogP contribution is 2.26. The van der Waals surface area contributed by atoms with E-state index in [1.807, 2.05) is 0 Å². The fourth-order valence-corrected chi connectivity index (χ4v) is 3.05. The minimum absolute atomic E-state index is 0.0195.